The molecule has 2 aromatic rings. The van der Waals surface area contributed by atoms with Gasteiger partial charge in [0, 0.05) is 12.2 Å². The molecule has 28 heavy (non-hydrogen) atoms. The van der Waals surface area contributed by atoms with Gasteiger partial charge in [-0.05, 0) is 38.7 Å². The van der Waals surface area contributed by atoms with Gasteiger partial charge in [0.1, 0.15) is 5.56 Å². The number of anilines is 1. The van der Waals surface area contributed by atoms with Gasteiger partial charge in [-0.3, -0.25) is 19.2 Å². The van der Waals surface area contributed by atoms with Gasteiger partial charge in [-0.25, -0.2) is 8.60 Å². The maximum atomic E-state index is 13.9. The van der Waals surface area contributed by atoms with Gasteiger partial charge in [-0.2, -0.15) is 18.3 Å². The maximum Gasteiger partial charge on any atom is 0.420 e. The largest absolute Gasteiger partial charge is 0.420 e. The Morgan fingerprint density at radius 3 is 2.57 bits per heavy atom. The van der Waals surface area contributed by atoms with Crippen LogP contribution in [0.4, 0.5) is 23.2 Å². The molecule has 7 nitrogen and oxygen atoms in total. The van der Waals surface area contributed by atoms with Crippen molar-refractivity contribution in [3.05, 3.63) is 34.5 Å². The van der Waals surface area contributed by atoms with Crippen LogP contribution in [-0.2, 0) is 41.3 Å². The molecule has 0 bridgehead atoms. The summed E-state index contributed by atoms with van der Waals surface area (Å²) < 4.78 is 70.4. The second-order valence-electron chi connectivity index (χ2n) is 5.87. The highest BCUT2D eigenvalue weighted by Gasteiger charge is 2.39. The van der Waals surface area contributed by atoms with E-state index in [2.05, 4.69) is 20.5 Å². The average Bonchev–Trinajstić information content (AvgIpc) is 3.20. The molecule has 0 saturated heterocycles. The number of carbonyl (C=O) groups excluding carboxylic acids is 1. The number of nitrogens with one attached hydrogen (secondary N) is 1. The number of pyridine rings is 1. The lowest BCUT2D eigenvalue weighted by molar-refractivity contribution is -0.137. The van der Waals surface area contributed by atoms with Crippen LogP contribution < -0.4 is 10.5 Å². The highest BCUT2D eigenvalue weighted by atomic mass is 32.2. The average molecular weight is 421 g/mol. The van der Waals surface area contributed by atoms with Gasteiger partial charge in [0.2, 0.25) is 11.4 Å². The normalized spacial score (nSPS) is 14.1. The molecule has 0 aromatic carbocycles. The predicted octanol–water partition coefficient (Wildman–Crippen LogP) is 2.49. The van der Waals surface area contributed by atoms with Crippen molar-refractivity contribution in [3.63, 3.8) is 0 Å². The number of aromatic nitrogens is 3. The van der Waals surface area contributed by atoms with Gasteiger partial charge < -0.3 is 5.73 Å². The molecule has 3 rings (SSSR count). The monoisotopic (exact) mass is 421 g/mol. The van der Waals surface area contributed by atoms with Crippen LogP contribution in [-0.4, -0.2) is 25.4 Å². The van der Waals surface area contributed by atoms with E-state index in [0.29, 0.717) is 37.1 Å². The van der Waals surface area contributed by atoms with Crippen molar-refractivity contribution in [1.29, 1.82) is 0 Å². The molecular formula is C16H19F4N5O2S. The topological polar surface area (TPSA) is 103 Å². The molecular weight excluding hydrogens is 402 g/mol. The lowest BCUT2D eigenvalue weighted by Crippen LogP contribution is -2.18. The Morgan fingerprint density at radius 2 is 2.04 bits per heavy atom. The van der Waals surface area contributed by atoms with Crippen LogP contribution in [0.3, 0.4) is 0 Å². The van der Waals surface area contributed by atoms with E-state index in [1.54, 1.807) is 6.92 Å². The Balaban J connectivity index is 0.000000878. The fourth-order valence-corrected chi connectivity index (χ4v) is 3.89. The molecule has 1 aliphatic rings. The van der Waals surface area contributed by atoms with Gasteiger partial charge in [0.05, 0.1) is 17.6 Å². The predicted molar refractivity (Wildman–Crippen MR) is 94.1 cm³/mol. The molecule has 2 heterocycles. The van der Waals surface area contributed by atoms with Gasteiger partial charge in [0.15, 0.2) is 16.8 Å². The van der Waals surface area contributed by atoms with Crippen LogP contribution in [0.2, 0.25) is 0 Å². The molecule has 12 heteroatoms. The second kappa shape index (κ2) is 8.67. The van der Waals surface area contributed by atoms with Crippen molar-refractivity contribution in [2.45, 2.75) is 50.9 Å². The van der Waals surface area contributed by atoms with Crippen LogP contribution in [0.25, 0.3) is 0 Å². The maximum absolute atomic E-state index is 13.9. The van der Waals surface area contributed by atoms with Gasteiger partial charge in [0.25, 0.3) is 0 Å². The lowest BCUT2D eigenvalue weighted by atomic mass is 10.1. The fraction of sp³-hybridized carbons (Fsp3) is 0.438. The first-order chi connectivity index (χ1) is 13.1. The molecule has 0 spiro atoms. The Labute approximate surface area is 160 Å². The zero-order chi connectivity index (χ0) is 21.1. The minimum Gasteiger partial charge on any atom is -0.372 e. The van der Waals surface area contributed by atoms with Crippen LogP contribution >= 0.6 is 0 Å². The van der Waals surface area contributed by atoms with Crippen molar-refractivity contribution in [2.24, 2.45) is 5.73 Å². The summed E-state index contributed by atoms with van der Waals surface area (Å²) in [6, 6.07) is 0. The molecule has 3 N–H and O–H groups in total. The van der Waals surface area contributed by atoms with Crippen LogP contribution in [0.5, 0.6) is 0 Å². The number of halogens is 4. The molecule has 2 aromatic heterocycles. The third-order valence-electron chi connectivity index (χ3n) is 4.07. The Bertz CT molecular complexity index is 898. The molecule has 1 amide bonds. The number of carbonyl (C=O) groups is 1. The molecule has 1 aliphatic carbocycles. The number of nitrogens with zero attached hydrogens (tertiary/aromatic N) is 3. The van der Waals surface area contributed by atoms with Gasteiger partial charge in [-0.15, -0.1) is 0 Å². The quantitative estimate of drug-likeness (QED) is 0.585. The van der Waals surface area contributed by atoms with Gasteiger partial charge in [-0.1, -0.05) is 0 Å². The van der Waals surface area contributed by atoms with E-state index in [1.807, 2.05) is 0 Å². The van der Waals surface area contributed by atoms with E-state index < -0.39 is 33.6 Å². The summed E-state index contributed by atoms with van der Waals surface area (Å²) in [4.78, 5) is 12.6. The summed E-state index contributed by atoms with van der Waals surface area (Å²) in [6.45, 7) is 3.33. The molecule has 0 fully saturated rings. The summed E-state index contributed by atoms with van der Waals surface area (Å²) in [5.74, 6) is -0.830. The highest BCUT2D eigenvalue weighted by molar-refractivity contribution is 7.86. The smallest absolute Gasteiger partial charge is 0.372 e. The van der Waals surface area contributed by atoms with Crippen LogP contribution in [0.15, 0.2) is 11.2 Å². The number of hydrogen-bond donors (Lipinski definition) is 2. The zero-order valence-corrected chi connectivity index (χ0v) is 16.0. The number of rotatable bonds is 4. The molecule has 0 radical (unpaired) electrons. The first-order valence-electron chi connectivity index (χ1n) is 8.30. The van der Waals surface area contributed by atoms with Crippen molar-refractivity contribution in [2.75, 3.05) is 4.72 Å². The summed E-state index contributed by atoms with van der Waals surface area (Å²) >= 11 is 0. The molecule has 0 aliphatic heterocycles. The van der Waals surface area contributed by atoms with E-state index in [9.17, 15) is 21.8 Å². The van der Waals surface area contributed by atoms with E-state index in [0.717, 1.165) is 6.20 Å². The Hall–Kier alpha value is -2.50. The molecule has 0 saturated carbocycles. The number of hydrogen-bond acceptors (Lipinski definition) is 4. The minimum absolute atomic E-state index is 0.188. The van der Waals surface area contributed by atoms with Crippen LogP contribution in [0.1, 0.15) is 35.9 Å². The highest BCUT2D eigenvalue weighted by Crippen LogP contribution is 2.42. The first kappa shape index (κ1) is 21.8. The number of aryl methyl sites for hydroxylation is 3. The number of nitrogens with two attached hydrogens (primary N) is 1. The summed E-state index contributed by atoms with van der Waals surface area (Å²) in [5.41, 5.74) is 3.69. The van der Waals surface area contributed by atoms with Crippen LogP contribution in [0, 0.1) is 12.7 Å². The van der Waals surface area contributed by atoms with Crippen molar-refractivity contribution >= 4 is 23.1 Å². The second-order valence-corrected chi connectivity index (χ2v) is 7.00. The number of alkyl halides is 3. The van der Waals surface area contributed by atoms with E-state index in [1.165, 1.54) is 11.6 Å². The number of primary amides is 1. The minimum atomic E-state index is -4.66. The first-order valence-corrected chi connectivity index (χ1v) is 9.45. The number of amides is 1. The van der Waals surface area contributed by atoms with Crippen molar-refractivity contribution in [3.8, 4) is 0 Å². The molecule has 154 valence electrons. The SMILES string of the molecule is CCn1cc(F)c(S(=O)Nc2c3c(nc(C)c2C(F)(F)F)CCC3)n1.NC=O. The number of fused-ring (bicyclic) bond motifs is 1. The zero-order valence-electron chi connectivity index (χ0n) is 15.1. The summed E-state index contributed by atoms with van der Waals surface area (Å²) in [6.07, 6.45) is -1.72. The molecule has 1 atom stereocenters. The fourth-order valence-electron chi connectivity index (χ4n) is 2.98. The molecule has 1 unspecified atom stereocenters. The standard InChI is InChI=1S/C15H16F4N4OS.CH3NO/c1-3-23-7-10(16)14(21-23)25(24)22-13-9-5-4-6-11(9)20-8(2)12(13)15(17,18)19;2-1-3/h7H,3-6H2,1-2H3,(H,20,22);1H,(H2,2,3). The lowest BCUT2D eigenvalue weighted by Gasteiger charge is -2.19. The van der Waals surface area contributed by atoms with Crippen molar-refractivity contribution in [1.82, 2.24) is 14.8 Å². The summed E-state index contributed by atoms with van der Waals surface area (Å²) in [7, 11) is -2.26. The third-order valence-corrected chi connectivity index (χ3v) is 5.09. The van der Waals surface area contributed by atoms with E-state index >= 15 is 0 Å². The van der Waals surface area contributed by atoms with E-state index in [4.69, 9.17) is 4.79 Å². The Kier molecular flexibility index (Phi) is 6.75. The Morgan fingerprint density at radius 1 is 1.39 bits per heavy atom. The van der Waals surface area contributed by atoms with Gasteiger partial charge >= 0.3 is 6.18 Å². The van der Waals surface area contributed by atoms with Crippen molar-refractivity contribution < 1.29 is 26.6 Å². The summed E-state index contributed by atoms with van der Waals surface area (Å²) in [5, 5.41) is 3.39. The van der Waals surface area contributed by atoms with E-state index in [-0.39, 0.29) is 17.8 Å². The third kappa shape index (κ3) is 4.49.